The van der Waals surface area contributed by atoms with Crippen molar-refractivity contribution in [3.05, 3.63) is 22.6 Å². The maximum atomic E-state index is 13.9. The number of nitrogens with zero attached hydrogens (tertiary/aromatic N) is 3. The lowest BCUT2D eigenvalue weighted by molar-refractivity contribution is -0.136. The number of fused-ring (bicyclic) bond motifs is 1. The highest BCUT2D eigenvalue weighted by atomic mass is 32.1. The fourth-order valence-corrected chi connectivity index (χ4v) is 5.12. The molecular weight excluding hydrogens is 455 g/mol. The van der Waals surface area contributed by atoms with E-state index in [4.69, 9.17) is 0 Å². The van der Waals surface area contributed by atoms with E-state index in [-0.39, 0.29) is 52.1 Å². The number of hydrogen-bond donors (Lipinski definition) is 2. The topological polar surface area (TPSA) is 77.6 Å². The van der Waals surface area contributed by atoms with Crippen molar-refractivity contribution in [2.24, 2.45) is 5.92 Å². The molecule has 7 nitrogen and oxygen atoms in total. The zero-order chi connectivity index (χ0) is 24.5. The van der Waals surface area contributed by atoms with Crippen LogP contribution < -0.4 is 15.5 Å². The van der Waals surface area contributed by atoms with E-state index in [1.807, 2.05) is 32.6 Å². The molecule has 2 aromatic rings. The third kappa shape index (κ3) is 5.57. The van der Waals surface area contributed by atoms with E-state index in [0.29, 0.717) is 19.6 Å². The molecular formula is C22H30F3N5O2S. The molecule has 1 aliphatic heterocycles. The van der Waals surface area contributed by atoms with Gasteiger partial charge in [0.05, 0.1) is 27.9 Å². The van der Waals surface area contributed by atoms with Crippen LogP contribution in [0, 0.1) is 5.92 Å². The van der Waals surface area contributed by atoms with Gasteiger partial charge in [-0.1, -0.05) is 13.8 Å². The monoisotopic (exact) mass is 485 g/mol. The molecule has 0 bridgehead atoms. The molecule has 0 saturated carbocycles. The Bertz CT molecular complexity index is 1020. The number of pyridine rings is 1. The van der Waals surface area contributed by atoms with Crippen LogP contribution in [-0.4, -0.2) is 67.0 Å². The first-order valence-corrected chi connectivity index (χ1v) is 11.8. The van der Waals surface area contributed by atoms with Crippen molar-refractivity contribution in [2.45, 2.75) is 46.0 Å². The van der Waals surface area contributed by atoms with Crippen LogP contribution in [0.15, 0.2) is 11.4 Å². The molecule has 3 rings (SSSR count). The van der Waals surface area contributed by atoms with Gasteiger partial charge in [-0.2, -0.15) is 13.2 Å². The number of amides is 2. The third-order valence-corrected chi connectivity index (χ3v) is 6.71. The van der Waals surface area contributed by atoms with Crippen molar-refractivity contribution in [3.63, 3.8) is 0 Å². The molecule has 1 unspecified atom stereocenters. The highest BCUT2D eigenvalue weighted by Crippen LogP contribution is 2.40. The summed E-state index contributed by atoms with van der Waals surface area (Å²) >= 11 is 0.869. The first-order valence-electron chi connectivity index (χ1n) is 10.9. The van der Waals surface area contributed by atoms with Crippen molar-refractivity contribution in [1.29, 1.82) is 0 Å². The Labute approximate surface area is 195 Å². The number of halogens is 3. The van der Waals surface area contributed by atoms with Crippen molar-refractivity contribution in [2.75, 3.05) is 38.1 Å². The molecule has 11 heteroatoms. The predicted molar refractivity (Wildman–Crippen MR) is 124 cm³/mol. The van der Waals surface area contributed by atoms with Gasteiger partial charge < -0.3 is 15.5 Å². The Kier molecular flexibility index (Phi) is 7.52. The molecule has 0 radical (unpaired) electrons. The summed E-state index contributed by atoms with van der Waals surface area (Å²) in [6, 6.07) is 1.07. The normalized spacial score (nSPS) is 17.8. The number of nitrogens with one attached hydrogen (secondary N) is 2. The highest BCUT2D eigenvalue weighted by molar-refractivity contribution is 7.17. The maximum absolute atomic E-state index is 13.9. The van der Waals surface area contributed by atoms with Gasteiger partial charge in [-0.05, 0) is 25.8 Å². The molecule has 1 saturated heterocycles. The molecule has 1 aliphatic rings. The summed E-state index contributed by atoms with van der Waals surface area (Å²) in [5.41, 5.74) is -0.597. The molecule has 0 aliphatic carbocycles. The average molecular weight is 486 g/mol. The minimum Gasteiger partial charge on any atom is -0.355 e. The van der Waals surface area contributed by atoms with Gasteiger partial charge in [0.2, 0.25) is 5.91 Å². The van der Waals surface area contributed by atoms with Crippen LogP contribution in [-0.2, 0) is 11.0 Å². The number of aromatic nitrogens is 1. The predicted octanol–water partition coefficient (Wildman–Crippen LogP) is 3.35. The summed E-state index contributed by atoms with van der Waals surface area (Å²) in [4.78, 5) is 32.9. The zero-order valence-corrected chi connectivity index (χ0v) is 20.2. The van der Waals surface area contributed by atoms with Crippen LogP contribution in [0.3, 0.4) is 0 Å². The molecule has 182 valence electrons. The molecule has 0 aromatic carbocycles. The number of anilines is 1. The summed E-state index contributed by atoms with van der Waals surface area (Å²) in [5, 5.41) is 6.77. The number of thiophene rings is 1. The smallest absolute Gasteiger partial charge is 0.355 e. The lowest BCUT2D eigenvalue weighted by Crippen LogP contribution is -2.57. The maximum Gasteiger partial charge on any atom is 0.417 e. The van der Waals surface area contributed by atoms with Gasteiger partial charge in [-0.3, -0.25) is 14.5 Å². The number of rotatable bonds is 6. The number of hydrogen-bond acceptors (Lipinski definition) is 6. The molecule has 2 N–H and O–H groups in total. The van der Waals surface area contributed by atoms with Crippen LogP contribution >= 0.6 is 11.3 Å². The quantitative estimate of drug-likeness (QED) is 0.656. The van der Waals surface area contributed by atoms with Gasteiger partial charge in [0.1, 0.15) is 5.82 Å². The fraction of sp³-hybridized carbons (Fsp3) is 0.591. The van der Waals surface area contributed by atoms with Crippen LogP contribution in [0.5, 0.6) is 0 Å². The van der Waals surface area contributed by atoms with Crippen LogP contribution in [0.25, 0.3) is 10.2 Å². The standard InChI is InChI=1S/C22H30F3N5O2S/c1-12(2)16-9-30(7-6-29(16)10-18(31)27-13(3)4)17-8-15(22(23,24)25)20-19(28-17)14(11-33-20)21(32)26-5/h8,11-13,16H,6-7,9-10H2,1-5H3,(H,26,32)(H,27,31). The van der Waals surface area contributed by atoms with Gasteiger partial charge in [-0.15, -0.1) is 11.3 Å². The molecule has 33 heavy (non-hydrogen) atoms. The molecule has 3 heterocycles. The van der Waals surface area contributed by atoms with Crippen LogP contribution in [0.4, 0.5) is 19.0 Å². The highest BCUT2D eigenvalue weighted by Gasteiger charge is 2.37. The van der Waals surface area contributed by atoms with E-state index < -0.39 is 17.6 Å². The fourth-order valence-electron chi connectivity index (χ4n) is 4.10. The van der Waals surface area contributed by atoms with Crippen LogP contribution in [0.1, 0.15) is 43.6 Å². The van der Waals surface area contributed by atoms with Crippen LogP contribution in [0.2, 0.25) is 0 Å². The summed E-state index contributed by atoms with van der Waals surface area (Å²) in [5.74, 6) is -0.181. The van der Waals surface area contributed by atoms with Crippen molar-refractivity contribution >= 4 is 39.2 Å². The Morgan fingerprint density at radius 2 is 1.94 bits per heavy atom. The van der Waals surface area contributed by atoms with E-state index in [0.717, 1.165) is 17.4 Å². The van der Waals surface area contributed by atoms with Gasteiger partial charge in [0.25, 0.3) is 5.91 Å². The minimum absolute atomic E-state index is 0.0353. The summed E-state index contributed by atoms with van der Waals surface area (Å²) in [6.45, 7) is 9.46. The SMILES string of the molecule is CNC(=O)c1csc2c(C(F)(F)F)cc(N3CCN(CC(=O)NC(C)C)C(C(C)C)C3)nc12. The Morgan fingerprint density at radius 3 is 2.52 bits per heavy atom. The van der Waals surface area contributed by atoms with Crippen molar-refractivity contribution < 1.29 is 22.8 Å². The average Bonchev–Trinajstić information content (AvgIpc) is 3.15. The Hall–Kier alpha value is -2.40. The first kappa shape index (κ1) is 25.2. The van der Waals surface area contributed by atoms with E-state index in [1.165, 1.54) is 12.4 Å². The zero-order valence-electron chi connectivity index (χ0n) is 19.4. The first-order chi connectivity index (χ1) is 15.4. The molecule has 1 fully saturated rings. The van der Waals surface area contributed by atoms with E-state index in [9.17, 15) is 22.8 Å². The third-order valence-electron chi connectivity index (χ3n) is 5.71. The number of piperazine rings is 1. The molecule has 1 atom stereocenters. The lowest BCUT2D eigenvalue weighted by atomic mass is 9.99. The van der Waals surface area contributed by atoms with Gasteiger partial charge in [-0.25, -0.2) is 4.98 Å². The summed E-state index contributed by atoms with van der Waals surface area (Å²) in [7, 11) is 1.43. The molecule has 0 spiro atoms. The number of alkyl halides is 3. The second-order valence-corrected chi connectivity index (χ2v) is 9.76. The van der Waals surface area contributed by atoms with E-state index in [1.54, 1.807) is 0 Å². The van der Waals surface area contributed by atoms with E-state index >= 15 is 0 Å². The van der Waals surface area contributed by atoms with Crippen molar-refractivity contribution in [3.8, 4) is 0 Å². The second-order valence-electron chi connectivity index (χ2n) is 8.88. The molecule has 2 amide bonds. The van der Waals surface area contributed by atoms with Crippen molar-refractivity contribution in [1.82, 2.24) is 20.5 Å². The lowest BCUT2D eigenvalue weighted by Gasteiger charge is -2.43. The van der Waals surface area contributed by atoms with Gasteiger partial charge in [0, 0.05) is 44.1 Å². The largest absolute Gasteiger partial charge is 0.417 e. The summed E-state index contributed by atoms with van der Waals surface area (Å²) in [6.07, 6.45) is -4.57. The van der Waals surface area contributed by atoms with Gasteiger partial charge in [0.15, 0.2) is 0 Å². The minimum atomic E-state index is -4.57. The number of carbonyl (C=O) groups excluding carboxylic acids is 2. The number of carbonyl (C=O) groups is 2. The Balaban J connectivity index is 1.95. The molecule has 2 aromatic heterocycles. The Morgan fingerprint density at radius 1 is 1.24 bits per heavy atom. The van der Waals surface area contributed by atoms with E-state index in [2.05, 4.69) is 20.5 Å². The van der Waals surface area contributed by atoms with Gasteiger partial charge >= 0.3 is 6.18 Å². The second kappa shape index (κ2) is 9.84. The summed E-state index contributed by atoms with van der Waals surface area (Å²) < 4.78 is 41.6.